The lowest BCUT2D eigenvalue weighted by Crippen LogP contribution is -2.37. The molecule has 0 spiro atoms. The summed E-state index contributed by atoms with van der Waals surface area (Å²) < 4.78 is 37.8. The minimum Gasteiger partial charge on any atom is -0.310 e. The van der Waals surface area contributed by atoms with Crippen LogP contribution in [0.15, 0.2) is 30.3 Å². The summed E-state index contributed by atoms with van der Waals surface area (Å²) in [7, 11) is 0. The molecule has 1 saturated heterocycles. The van der Waals surface area contributed by atoms with Crippen molar-refractivity contribution in [2.24, 2.45) is 5.92 Å². The third-order valence-electron chi connectivity index (χ3n) is 3.07. The fourth-order valence-corrected chi connectivity index (χ4v) is 2.15. The average Bonchev–Trinajstić information content (AvgIpc) is 2.29. The van der Waals surface area contributed by atoms with Crippen LogP contribution < -0.4 is 5.32 Å². The highest BCUT2D eigenvalue weighted by molar-refractivity contribution is 5.19. The number of nitrogens with one attached hydrogen (secondary N) is 1. The molecule has 4 heteroatoms. The van der Waals surface area contributed by atoms with Crippen LogP contribution in [0.5, 0.6) is 0 Å². The predicted octanol–water partition coefficient (Wildman–Crippen LogP) is 3.29. The van der Waals surface area contributed by atoms with Gasteiger partial charge < -0.3 is 5.32 Å². The Kier molecular flexibility index (Phi) is 3.19. The fraction of sp³-hybridized carbons (Fsp3) is 0.500. The maximum Gasteiger partial charge on any atom is 0.391 e. The van der Waals surface area contributed by atoms with Crippen LogP contribution in [0.4, 0.5) is 13.2 Å². The molecule has 0 bridgehead atoms. The Morgan fingerprint density at radius 1 is 1.12 bits per heavy atom. The van der Waals surface area contributed by atoms with E-state index in [1.54, 1.807) is 0 Å². The van der Waals surface area contributed by atoms with E-state index in [1.165, 1.54) is 0 Å². The number of hydrogen-bond donors (Lipinski definition) is 1. The maximum absolute atomic E-state index is 12.6. The van der Waals surface area contributed by atoms with Crippen LogP contribution in [-0.4, -0.2) is 12.7 Å². The number of rotatable bonds is 1. The van der Waals surface area contributed by atoms with Gasteiger partial charge in [0.05, 0.1) is 5.92 Å². The van der Waals surface area contributed by atoms with Gasteiger partial charge in [-0.15, -0.1) is 0 Å². The molecule has 0 amide bonds. The van der Waals surface area contributed by atoms with Crippen molar-refractivity contribution in [2.45, 2.75) is 25.1 Å². The Morgan fingerprint density at radius 3 is 2.44 bits per heavy atom. The van der Waals surface area contributed by atoms with E-state index in [0.717, 1.165) is 5.56 Å². The van der Waals surface area contributed by atoms with Crippen LogP contribution in [0.3, 0.4) is 0 Å². The Balaban J connectivity index is 2.08. The van der Waals surface area contributed by atoms with Gasteiger partial charge >= 0.3 is 6.18 Å². The van der Waals surface area contributed by atoms with E-state index in [-0.39, 0.29) is 18.9 Å². The standard InChI is InChI=1S/C12H14F3N/c13-12(14,15)10-6-7-16-11(8-10)9-4-2-1-3-5-9/h1-5,10-11,16H,6-8H2/t10-,11+/m1/s1. The van der Waals surface area contributed by atoms with Gasteiger partial charge in [0.2, 0.25) is 0 Å². The smallest absolute Gasteiger partial charge is 0.310 e. The van der Waals surface area contributed by atoms with E-state index < -0.39 is 12.1 Å². The van der Waals surface area contributed by atoms with Crippen molar-refractivity contribution in [3.63, 3.8) is 0 Å². The highest BCUT2D eigenvalue weighted by atomic mass is 19.4. The van der Waals surface area contributed by atoms with Crippen molar-refractivity contribution in [2.75, 3.05) is 6.54 Å². The second kappa shape index (κ2) is 4.45. The van der Waals surface area contributed by atoms with E-state index in [1.807, 2.05) is 30.3 Å². The van der Waals surface area contributed by atoms with Crippen LogP contribution in [0.2, 0.25) is 0 Å². The lowest BCUT2D eigenvalue weighted by Gasteiger charge is -2.31. The molecule has 1 fully saturated rings. The molecule has 2 atom stereocenters. The summed E-state index contributed by atoms with van der Waals surface area (Å²) in [5.74, 6) is -1.17. The molecule has 1 N–H and O–H groups in total. The summed E-state index contributed by atoms with van der Waals surface area (Å²) in [5, 5.41) is 3.14. The minimum atomic E-state index is -4.06. The lowest BCUT2D eigenvalue weighted by atomic mass is 9.88. The quantitative estimate of drug-likeness (QED) is 0.779. The number of benzene rings is 1. The topological polar surface area (TPSA) is 12.0 Å². The van der Waals surface area contributed by atoms with Gasteiger partial charge in [-0.3, -0.25) is 0 Å². The first-order chi connectivity index (χ1) is 7.57. The highest BCUT2D eigenvalue weighted by Gasteiger charge is 2.42. The SMILES string of the molecule is FC(F)(F)[C@@H]1CCN[C@H](c2ccccc2)C1. The van der Waals surface area contributed by atoms with Gasteiger partial charge in [-0.1, -0.05) is 30.3 Å². The first-order valence-corrected chi connectivity index (χ1v) is 5.42. The van der Waals surface area contributed by atoms with Gasteiger partial charge in [0.1, 0.15) is 0 Å². The third kappa shape index (κ3) is 2.55. The third-order valence-corrected chi connectivity index (χ3v) is 3.07. The highest BCUT2D eigenvalue weighted by Crippen LogP contribution is 2.37. The molecule has 2 rings (SSSR count). The molecule has 0 unspecified atom stereocenters. The first kappa shape index (κ1) is 11.5. The van der Waals surface area contributed by atoms with Gasteiger partial charge in [0.25, 0.3) is 0 Å². The van der Waals surface area contributed by atoms with E-state index in [9.17, 15) is 13.2 Å². The van der Waals surface area contributed by atoms with Crippen LogP contribution in [-0.2, 0) is 0 Å². The van der Waals surface area contributed by atoms with Crippen molar-refractivity contribution in [1.82, 2.24) is 5.32 Å². The molecule has 0 radical (unpaired) electrons. The Labute approximate surface area is 92.7 Å². The van der Waals surface area contributed by atoms with Crippen LogP contribution in [0.25, 0.3) is 0 Å². The van der Waals surface area contributed by atoms with Crippen LogP contribution >= 0.6 is 0 Å². The Morgan fingerprint density at radius 2 is 1.81 bits per heavy atom. The second-order valence-corrected chi connectivity index (χ2v) is 4.18. The zero-order chi connectivity index (χ0) is 11.6. The number of piperidine rings is 1. The van der Waals surface area contributed by atoms with Crippen LogP contribution in [0.1, 0.15) is 24.4 Å². The Bertz CT molecular complexity index is 334. The molecule has 1 aromatic carbocycles. The minimum absolute atomic E-state index is 0.146. The number of alkyl halides is 3. The zero-order valence-corrected chi connectivity index (χ0v) is 8.80. The molecule has 1 aromatic rings. The van der Waals surface area contributed by atoms with E-state index >= 15 is 0 Å². The molecule has 1 nitrogen and oxygen atoms in total. The normalized spacial score (nSPS) is 26.7. The number of halogens is 3. The van der Waals surface area contributed by atoms with E-state index in [2.05, 4.69) is 5.32 Å². The molecule has 88 valence electrons. The Hall–Kier alpha value is -1.03. The zero-order valence-electron chi connectivity index (χ0n) is 8.80. The van der Waals surface area contributed by atoms with Gasteiger partial charge in [-0.25, -0.2) is 0 Å². The first-order valence-electron chi connectivity index (χ1n) is 5.42. The summed E-state index contributed by atoms with van der Waals surface area (Å²) in [6.07, 6.45) is -3.73. The van der Waals surface area contributed by atoms with Crippen molar-refractivity contribution in [3.8, 4) is 0 Å². The molecule has 16 heavy (non-hydrogen) atoms. The largest absolute Gasteiger partial charge is 0.391 e. The average molecular weight is 229 g/mol. The van der Waals surface area contributed by atoms with Gasteiger partial charge in [-0.2, -0.15) is 13.2 Å². The van der Waals surface area contributed by atoms with Crippen LogP contribution in [0, 0.1) is 5.92 Å². The summed E-state index contributed by atoms with van der Waals surface area (Å²) in [6, 6.07) is 9.16. The van der Waals surface area contributed by atoms with Gasteiger partial charge in [-0.05, 0) is 24.9 Å². The lowest BCUT2D eigenvalue weighted by molar-refractivity contribution is -0.183. The molecule has 0 aliphatic carbocycles. The summed E-state index contributed by atoms with van der Waals surface area (Å²) in [6.45, 7) is 0.434. The van der Waals surface area contributed by atoms with E-state index in [4.69, 9.17) is 0 Å². The fourth-order valence-electron chi connectivity index (χ4n) is 2.15. The van der Waals surface area contributed by atoms with Gasteiger partial charge in [0.15, 0.2) is 0 Å². The predicted molar refractivity (Wildman–Crippen MR) is 56.0 cm³/mol. The van der Waals surface area contributed by atoms with Crippen molar-refractivity contribution in [3.05, 3.63) is 35.9 Å². The van der Waals surface area contributed by atoms with Crippen molar-refractivity contribution in [1.29, 1.82) is 0 Å². The van der Waals surface area contributed by atoms with Crippen molar-refractivity contribution < 1.29 is 13.2 Å². The molecule has 1 aliphatic rings. The molecule has 1 heterocycles. The summed E-state index contributed by atoms with van der Waals surface area (Å²) in [4.78, 5) is 0. The molecule has 1 aliphatic heterocycles. The van der Waals surface area contributed by atoms with Crippen molar-refractivity contribution >= 4 is 0 Å². The number of hydrogen-bond acceptors (Lipinski definition) is 1. The van der Waals surface area contributed by atoms with E-state index in [0.29, 0.717) is 6.54 Å². The molecular formula is C12H14F3N. The summed E-state index contributed by atoms with van der Waals surface area (Å²) in [5.41, 5.74) is 0.941. The molecular weight excluding hydrogens is 215 g/mol. The second-order valence-electron chi connectivity index (χ2n) is 4.18. The van der Waals surface area contributed by atoms with Gasteiger partial charge in [0, 0.05) is 6.04 Å². The molecule has 0 saturated carbocycles. The molecule has 0 aromatic heterocycles. The maximum atomic E-state index is 12.6. The monoisotopic (exact) mass is 229 g/mol. The summed E-state index contributed by atoms with van der Waals surface area (Å²) >= 11 is 0.